The molecule has 1 aliphatic heterocycles. The van der Waals surface area contributed by atoms with E-state index in [0.29, 0.717) is 15.1 Å². The molecule has 2 nitrogen and oxygen atoms in total. The van der Waals surface area contributed by atoms with Crippen LogP contribution >= 0.6 is 34.8 Å². The molecule has 0 bridgehead atoms. The van der Waals surface area contributed by atoms with Crippen LogP contribution in [0.3, 0.4) is 0 Å². The first-order chi connectivity index (χ1) is 8.65. The van der Waals surface area contributed by atoms with Crippen LogP contribution in [0, 0.1) is 0 Å². The second-order valence-corrected chi connectivity index (χ2v) is 5.42. The summed E-state index contributed by atoms with van der Waals surface area (Å²) in [6.07, 6.45) is 1.87. The molecule has 1 aromatic carbocycles. The summed E-state index contributed by atoms with van der Waals surface area (Å²) in [5, 5.41) is 5.00. The molecule has 2 rings (SSSR count). The van der Waals surface area contributed by atoms with E-state index in [2.05, 4.69) is 16.8 Å². The Bertz CT molecular complexity index is 442. The van der Waals surface area contributed by atoms with Crippen LogP contribution in [0.25, 0.3) is 0 Å². The van der Waals surface area contributed by atoms with Crippen LogP contribution in [-0.4, -0.2) is 31.1 Å². The fraction of sp³-hybridized carbons (Fsp3) is 0.385. The maximum atomic E-state index is 6.28. The van der Waals surface area contributed by atoms with Crippen LogP contribution in [0.4, 0.5) is 0 Å². The van der Waals surface area contributed by atoms with Crippen LogP contribution in [0.2, 0.25) is 15.1 Å². The van der Waals surface area contributed by atoms with Gasteiger partial charge in [-0.25, -0.2) is 0 Å². The molecule has 1 N–H and O–H groups in total. The number of nitrogens with one attached hydrogen (secondary N) is 1. The Labute approximate surface area is 123 Å². The fourth-order valence-electron chi connectivity index (χ4n) is 2.22. The first-order valence-corrected chi connectivity index (χ1v) is 6.99. The molecular formula is C13H15Cl3N2. The molecule has 1 aromatic rings. The molecule has 1 fully saturated rings. The van der Waals surface area contributed by atoms with Gasteiger partial charge in [-0.3, -0.25) is 4.90 Å². The quantitative estimate of drug-likeness (QED) is 0.675. The van der Waals surface area contributed by atoms with Gasteiger partial charge in [0.1, 0.15) is 0 Å². The molecule has 1 saturated heterocycles. The Morgan fingerprint density at radius 2 is 1.78 bits per heavy atom. The number of hydrogen-bond acceptors (Lipinski definition) is 2. The average molecular weight is 306 g/mol. The molecule has 0 aliphatic carbocycles. The highest BCUT2D eigenvalue weighted by molar-refractivity contribution is 6.44. The summed E-state index contributed by atoms with van der Waals surface area (Å²) in [6.45, 7) is 7.70. The third-order valence-corrected chi connectivity index (χ3v) is 4.29. The Morgan fingerprint density at radius 1 is 1.17 bits per heavy atom. The Balaban J connectivity index is 2.37. The van der Waals surface area contributed by atoms with Crippen molar-refractivity contribution in [1.82, 2.24) is 10.2 Å². The number of hydrogen-bond donors (Lipinski definition) is 1. The van der Waals surface area contributed by atoms with Crippen LogP contribution in [0.15, 0.2) is 24.8 Å². The summed E-state index contributed by atoms with van der Waals surface area (Å²) in [6, 6.07) is 3.50. The molecular weight excluding hydrogens is 291 g/mol. The van der Waals surface area contributed by atoms with Gasteiger partial charge < -0.3 is 5.32 Å². The summed E-state index contributed by atoms with van der Waals surface area (Å²) in [5.41, 5.74) is 0.850. The number of halogens is 3. The van der Waals surface area contributed by atoms with Gasteiger partial charge in [0, 0.05) is 36.8 Å². The van der Waals surface area contributed by atoms with Gasteiger partial charge in [0.15, 0.2) is 0 Å². The number of piperazine rings is 1. The van der Waals surface area contributed by atoms with Gasteiger partial charge in [-0.15, -0.1) is 6.58 Å². The lowest BCUT2D eigenvalue weighted by Crippen LogP contribution is -2.44. The zero-order chi connectivity index (χ0) is 13.1. The molecule has 0 radical (unpaired) electrons. The van der Waals surface area contributed by atoms with E-state index in [0.717, 1.165) is 31.7 Å². The Kier molecular flexibility index (Phi) is 4.93. The van der Waals surface area contributed by atoms with Crippen LogP contribution in [0.1, 0.15) is 11.6 Å². The van der Waals surface area contributed by atoms with Gasteiger partial charge in [0.2, 0.25) is 0 Å². The predicted molar refractivity (Wildman–Crippen MR) is 78.9 cm³/mol. The molecule has 98 valence electrons. The van der Waals surface area contributed by atoms with Crippen molar-refractivity contribution < 1.29 is 0 Å². The molecule has 1 heterocycles. The highest BCUT2D eigenvalue weighted by Gasteiger charge is 2.24. The monoisotopic (exact) mass is 304 g/mol. The summed E-state index contributed by atoms with van der Waals surface area (Å²) in [5.74, 6) is 0. The minimum Gasteiger partial charge on any atom is -0.314 e. The van der Waals surface area contributed by atoms with E-state index in [-0.39, 0.29) is 6.04 Å². The lowest BCUT2D eigenvalue weighted by molar-refractivity contribution is 0.203. The van der Waals surface area contributed by atoms with Gasteiger partial charge in [-0.2, -0.15) is 0 Å². The topological polar surface area (TPSA) is 15.3 Å². The molecule has 0 spiro atoms. The summed E-state index contributed by atoms with van der Waals surface area (Å²) in [4.78, 5) is 2.30. The van der Waals surface area contributed by atoms with Gasteiger partial charge in [0.25, 0.3) is 0 Å². The number of rotatable bonds is 3. The van der Waals surface area contributed by atoms with Gasteiger partial charge >= 0.3 is 0 Å². The van der Waals surface area contributed by atoms with Crippen LogP contribution in [-0.2, 0) is 0 Å². The van der Waals surface area contributed by atoms with Crippen molar-refractivity contribution in [2.75, 3.05) is 26.2 Å². The molecule has 18 heavy (non-hydrogen) atoms. The van der Waals surface area contributed by atoms with Crippen LogP contribution < -0.4 is 5.32 Å². The normalized spacial score (nSPS) is 18.6. The van der Waals surface area contributed by atoms with Crippen molar-refractivity contribution in [1.29, 1.82) is 0 Å². The van der Waals surface area contributed by atoms with E-state index in [1.165, 1.54) is 0 Å². The van der Waals surface area contributed by atoms with Crippen molar-refractivity contribution in [2.24, 2.45) is 0 Å². The summed E-state index contributed by atoms with van der Waals surface area (Å²) < 4.78 is 0. The van der Waals surface area contributed by atoms with Crippen molar-refractivity contribution in [3.63, 3.8) is 0 Å². The number of nitrogens with zero attached hydrogens (tertiary/aromatic N) is 1. The molecule has 5 heteroatoms. The molecule has 0 unspecified atom stereocenters. The minimum atomic E-state index is 0.00537. The lowest BCUT2D eigenvalue weighted by atomic mass is 10.0. The zero-order valence-electron chi connectivity index (χ0n) is 9.93. The molecule has 0 aromatic heterocycles. The Morgan fingerprint density at radius 3 is 2.39 bits per heavy atom. The van der Waals surface area contributed by atoms with Crippen molar-refractivity contribution in [2.45, 2.75) is 6.04 Å². The van der Waals surface area contributed by atoms with Crippen LogP contribution in [0.5, 0.6) is 0 Å². The molecule has 0 amide bonds. The molecule has 1 atom stereocenters. The smallest absolute Gasteiger partial charge is 0.0658 e. The van der Waals surface area contributed by atoms with E-state index in [1.807, 2.05) is 6.08 Å². The van der Waals surface area contributed by atoms with E-state index in [4.69, 9.17) is 34.8 Å². The highest BCUT2D eigenvalue weighted by Crippen LogP contribution is 2.38. The molecule has 1 aliphatic rings. The molecule has 0 saturated carbocycles. The van der Waals surface area contributed by atoms with E-state index in [1.54, 1.807) is 12.1 Å². The second-order valence-electron chi connectivity index (χ2n) is 4.22. The van der Waals surface area contributed by atoms with Gasteiger partial charge in [-0.1, -0.05) is 40.9 Å². The number of benzene rings is 1. The fourth-order valence-corrected chi connectivity index (χ4v) is 2.98. The van der Waals surface area contributed by atoms with E-state index >= 15 is 0 Å². The van der Waals surface area contributed by atoms with Crippen molar-refractivity contribution in [3.8, 4) is 0 Å². The standard InChI is InChI=1S/C13H15Cl3N2/c1-2-11(18-7-5-17-6-8-18)12-9(14)3-4-10(15)13(12)16/h2-4,11,17H,1,5-8H2/t11-/m0/s1. The third kappa shape index (κ3) is 2.84. The van der Waals surface area contributed by atoms with Gasteiger partial charge in [-0.05, 0) is 12.1 Å². The second kappa shape index (κ2) is 6.27. The first kappa shape index (κ1) is 14.2. The third-order valence-electron chi connectivity index (χ3n) is 3.14. The average Bonchev–Trinajstić information content (AvgIpc) is 2.40. The lowest BCUT2D eigenvalue weighted by Gasteiger charge is -2.34. The minimum absolute atomic E-state index is 0.00537. The summed E-state index contributed by atoms with van der Waals surface area (Å²) in [7, 11) is 0. The highest BCUT2D eigenvalue weighted by atomic mass is 35.5. The zero-order valence-corrected chi connectivity index (χ0v) is 12.2. The largest absolute Gasteiger partial charge is 0.314 e. The maximum Gasteiger partial charge on any atom is 0.0658 e. The van der Waals surface area contributed by atoms with Crippen molar-refractivity contribution >= 4 is 34.8 Å². The van der Waals surface area contributed by atoms with Crippen molar-refractivity contribution in [3.05, 3.63) is 45.4 Å². The van der Waals surface area contributed by atoms with Gasteiger partial charge in [0.05, 0.1) is 16.1 Å². The van der Waals surface area contributed by atoms with E-state index in [9.17, 15) is 0 Å². The maximum absolute atomic E-state index is 6.28. The summed E-state index contributed by atoms with van der Waals surface area (Å²) >= 11 is 18.6. The SMILES string of the molecule is C=C[C@@H](c1c(Cl)ccc(Cl)c1Cl)N1CCNCC1. The Hall–Kier alpha value is -0.250. The predicted octanol–water partition coefficient (Wildman–Crippen LogP) is 3.78. The van der Waals surface area contributed by atoms with E-state index < -0.39 is 0 Å². The first-order valence-electron chi connectivity index (χ1n) is 5.86.